The predicted molar refractivity (Wildman–Crippen MR) is 87.4 cm³/mol. The third-order valence-corrected chi connectivity index (χ3v) is 4.12. The number of ether oxygens (including phenoxy) is 1. The summed E-state index contributed by atoms with van der Waals surface area (Å²) in [6.45, 7) is 1.83. The highest BCUT2D eigenvalue weighted by Gasteiger charge is 2.15. The Balaban J connectivity index is 1.95. The van der Waals surface area contributed by atoms with Crippen LogP contribution >= 0.6 is 11.8 Å². The average molecular weight is 328 g/mol. The maximum Gasteiger partial charge on any atom is 0.230 e. The molecule has 0 spiro atoms. The molecule has 0 bridgehead atoms. The molecule has 0 fully saturated rings. The summed E-state index contributed by atoms with van der Waals surface area (Å²) >= 11 is 0.817. The minimum atomic E-state index is -0.549. The standard InChI is InChI=1S/C17H13FN2O2S/c1-10-13-9-11(22-2)7-8-15(13)20-17(19-10)23-16(21)12-5-3-4-6-14(12)18/h3-9H,1-2H3. The number of benzene rings is 2. The first kappa shape index (κ1) is 15.4. The van der Waals surface area contributed by atoms with Crippen molar-refractivity contribution >= 4 is 27.8 Å². The van der Waals surface area contributed by atoms with Gasteiger partial charge in [-0.25, -0.2) is 14.4 Å². The van der Waals surface area contributed by atoms with Crippen molar-refractivity contribution in [2.45, 2.75) is 12.1 Å². The number of rotatable bonds is 3. The summed E-state index contributed by atoms with van der Waals surface area (Å²) in [6.07, 6.45) is 0. The smallest absolute Gasteiger partial charge is 0.230 e. The number of aromatic nitrogens is 2. The Morgan fingerprint density at radius 1 is 1.17 bits per heavy atom. The van der Waals surface area contributed by atoms with Gasteiger partial charge >= 0.3 is 0 Å². The Morgan fingerprint density at radius 2 is 1.96 bits per heavy atom. The molecule has 3 aromatic rings. The molecule has 0 unspecified atom stereocenters. The van der Waals surface area contributed by atoms with Gasteiger partial charge in [0.2, 0.25) is 5.12 Å². The molecule has 1 heterocycles. The lowest BCUT2D eigenvalue weighted by Crippen LogP contribution is -2.00. The van der Waals surface area contributed by atoms with E-state index >= 15 is 0 Å². The van der Waals surface area contributed by atoms with Gasteiger partial charge < -0.3 is 4.74 Å². The van der Waals surface area contributed by atoms with Gasteiger partial charge in [0.05, 0.1) is 18.2 Å². The Hall–Kier alpha value is -2.47. The molecular weight excluding hydrogens is 315 g/mol. The molecule has 1 aromatic heterocycles. The Morgan fingerprint density at radius 3 is 2.70 bits per heavy atom. The van der Waals surface area contributed by atoms with Crippen molar-refractivity contribution in [3.63, 3.8) is 0 Å². The van der Waals surface area contributed by atoms with Gasteiger partial charge in [-0.1, -0.05) is 12.1 Å². The fourth-order valence-corrected chi connectivity index (χ4v) is 2.94. The zero-order chi connectivity index (χ0) is 16.4. The van der Waals surface area contributed by atoms with Gasteiger partial charge in [-0.15, -0.1) is 0 Å². The number of carbonyl (C=O) groups excluding carboxylic acids is 1. The Bertz CT molecular complexity index is 899. The van der Waals surface area contributed by atoms with E-state index in [0.717, 1.165) is 22.8 Å². The second-order valence-corrected chi connectivity index (χ2v) is 5.78. The van der Waals surface area contributed by atoms with Crippen molar-refractivity contribution in [1.82, 2.24) is 9.97 Å². The number of carbonyl (C=O) groups is 1. The maximum atomic E-state index is 13.7. The molecule has 3 rings (SSSR count). The molecule has 0 N–H and O–H groups in total. The number of nitrogens with zero attached hydrogens (tertiary/aromatic N) is 2. The molecule has 6 heteroatoms. The van der Waals surface area contributed by atoms with Crippen LogP contribution in [0.25, 0.3) is 10.9 Å². The lowest BCUT2D eigenvalue weighted by atomic mass is 10.2. The molecule has 0 aliphatic carbocycles. The first-order valence-electron chi connectivity index (χ1n) is 6.87. The summed E-state index contributed by atoms with van der Waals surface area (Å²) in [6, 6.07) is 11.3. The van der Waals surface area contributed by atoms with E-state index in [1.165, 1.54) is 12.1 Å². The molecule has 0 atom stereocenters. The van der Waals surface area contributed by atoms with Crippen LogP contribution in [-0.4, -0.2) is 22.2 Å². The van der Waals surface area contributed by atoms with Crippen LogP contribution in [-0.2, 0) is 0 Å². The van der Waals surface area contributed by atoms with Gasteiger partial charge in [0.25, 0.3) is 0 Å². The predicted octanol–water partition coefficient (Wildman–Crippen LogP) is 4.02. The third kappa shape index (κ3) is 3.17. The fraction of sp³-hybridized carbons (Fsp3) is 0.118. The van der Waals surface area contributed by atoms with Crippen LogP contribution in [0.4, 0.5) is 4.39 Å². The van der Waals surface area contributed by atoms with Crippen molar-refractivity contribution in [3.8, 4) is 5.75 Å². The van der Waals surface area contributed by atoms with Gasteiger partial charge in [0, 0.05) is 11.1 Å². The number of methoxy groups -OCH3 is 1. The van der Waals surface area contributed by atoms with Crippen LogP contribution in [0.2, 0.25) is 0 Å². The fourth-order valence-electron chi connectivity index (χ4n) is 2.17. The maximum absolute atomic E-state index is 13.7. The molecule has 4 nitrogen and oxygen atoms in total. The monoisotopic (exact) mass is 328 g/mol. The summed E-state index contributed by atoms with van der Waals surface area (Å²) in [5, 5.41) is 0.732. The van der Waals surface area contributed by atoms with Gasteiger partial charge in [-0.05, 0) is 49.0 Å². The van der Waals surface area contributed by atoms with Crippen molar-refractivity contribution in [3.05, 3.63) is 59.5 Å². The van der Waals surface area contributed by atoms with Gasteiger partial charge in [0.1, 0.15) is 11.6 Å². The molecule has 0 saturated carbocycles. The van der Waals surface area contributed by atoms with E-state index in [1.807, 2.05) is 13.0 Å². The molecule has 23 heavy (non-hydrogen) atoms. The molecule has 0 aliphatic rings. The second-order valence-electron chi connectivity index (χ2n) is 4.84. The zero-order valence-corrected chi connectivity index (χ0v) is 13.4. The summed E-state index contributed by atoms with van der Waals surface area (Å²) < 4.78 is 18.9. The van der Waals surface area contributed by atoms with Gasteiger partial charge in [-0.2, -0.15) is 0 Å². The SMILES string of the molecule is COc1ccc2nc(SC(=O)c3ccccc3F)nc(C)c2c1. The summed E-state index contributed by atoms with van der Waals surface area (Å²) in [4.78, 5) is 20.9. The number of halogens is 1. The van der Waals surface area contributed by atoms with E-state index in [2.05, 4.69) is 9.97 Å². The number of hydrogen-bond acceptors (Lipinski definition) is 5. The Kier molecular flexibility index (Phi) is 4.25. The highest BCUT2D eigenvalue weighted by Crippen LogP contribution is 2.26. The second kappa shape index (κ2) is 6.34. The van der Waals surface area contributed by atoms with E-state index in [4.69, 9.17) is 4.74 Å². The van der Waals surface area contributed by atoms with Crippen LogP contribution in [0.15, 0.2) is 47.6 Å². The minimum Gasteiger partial charge on any atom is -0.497 e. The molecular formula is C17H13FN2O2S. The Labute approximate surface area is 136 Å². The molecule has 0 radical (unpaired) electrons. The summed E-state index contributed by atoms with van der Waals surface area (Å²) in [5.74, 6) is 0.166. The topological polar surface area (TPSA) is 52.1 Å². The number of hydrogen-bond donors (Lipinski definition) is 0. The molecule has 0 amide bonds. The molecule has 2 aromatic carbocycles. The lowest BCUT2D eigenvalue weighted by Gasteiger charge is -2.07. The molecule has 0 saturated heterocycles. The van der Waals surface area contributed by atoms with Crippen LogP contribution in [0.1, 0.15) is 16.1 Å². The van der Waals surface area contributed by atoms with Crippen LogP contribution in [0, 0.1) is 12.7 Å². The normalized spacial score (nSPS) is 10.7. The highest BCUT2D eigenvalue weighted by molar-refractivity contribution is 8.14. The van der Waals surface area contributed by atoms with E-state index in [0.29, 0.717) is 16.4 Å². The van der Waals surface area contributed by atoms with Crippen LogP contribution in [0.3, 0.4) is 0 Å². The van der Waals surface area contributed by atoms with E-state index < -0.39 is 10.9 Å². The summed E-state index contributed by atoms with van der Waals surface area (Å²) in [7, 11) is 1.59. The first-order chi connectivity index (χ1) is 11.1. The zero-order valence-electron chi connectivity index (χ0n) is 12.5. The van der Waals surface area contributed by atoms with E-state index in [9.17, 15) is 9.18 Å². The van der Waals surface area contributed by atoms with Crippen molar-refractivity contribution in [2.75, 3.05) is 7.11 Å². The van der Waals surface area contributed by atoms with Crippen molar-refractivity contribution < 1.29 is 13.9 Å². The molecule has 0 aliphatic heterocycles. The van der Waals surface area contributed by atoms with E-state index in [1.54, 1.807) is 31.4 Å². The minimum absolute atomic E-state index is 0.0218. The third-order valence-electron chi connectivity index (χ3n) is 3.35. The van der Waals surface area contributed by atoms with Crippen molar-refractivity contribution in [1.29, 1.82) is 0 Å². The van der Waals surface area contributed by atoms with Crippen LogP contribution < -0.4 is 4.74 Å². The summed E-state index contributed by atoms with van der Waals surface area (Å²) in [5.41, 5.74) is 1.47. The largest absolute Gasteiger partial charge is 0.497 e. The molecule has 116 valence electrons. The average Bonchev–Trinajstić information content (AvgIpc) is 2.55. The first-order valence-corrected chi connectivity index (χ1v) is 7.69. The lowest BCUT2D eigenvalue weighted by molar-refractivity contribution is 0.108. The van der Waals surface area contributed by atoms with Gasteiger partial charge in [-0.3, -0.25) is 4.79 Å². The van der Waals surface area contributed by atoms with Crippen LogP contribution in [0.5, 0.6) is 5.75 Å². The quantitative estimate of drug-likeness (QED) is 0.537. The number of aryl methyl sites for hydroxylation is 1. The van der Waals surface area contributed by atoms with Gasteiger partial charge in [0.15, 0.2) is 5.16 Å². The highest BCUT2D eigenvalue weighted by atomic mass is 32.2. The van der Waals surface area contributed by atoms with E-state index in [-0.39, 0.29) is 5.56 Å². The number of fused-ring (bicyclic) bond motifs is 1. The van der Waals surface area contributed by atoms with Crippen molar-refractivity contribution in [2.24, 2.45) is 0 Å². The number of thioether (sulfide) groups is 1.